The van der Waals surface area contributed by atoms with Crippen LogP contribution in [0.5, 0.6) is 5.75 Å². The van der Waals surface area contributed by atoms with Crippen LogP contribution >= 0.6 is 24.0 Å². The van der Waals surface area contributed by atoms with E-state index in [1.54, 1.807) is 19.2 Å². The number of carbonyl (C=O) groups excluding carboxylic acids is 1. The highest BCUT2D eigenvalue weighted by Gasteiger charge is 2.14. The number of amides is 1. The van der Waals surface area contributed by atoms with Crippen molar-refractivity contribution in [1.82, 2.24) is 10.6 Å². The van der Waals surface area contributed by atoms with Crippen LogP contribution < -0.4 is 21.1 Å². The number of guanidine groups is 1. The fourth-order valence-corrected chi connectivity index (χ4v) is 2.26. The summed E-state index contributed by atoms with van der Waals surface area (Å²) in [4.78, 5) is 15.2. The Morgan fingerprint density at radius 2 is 1.81 bits per heavy atom. The summed E-state index contributed by atoms with van der Waals surface area (Å²) >= 11 is 0. The lowest BCUT2D eigenvalue weighted by atomic mass is 10.1. The molecule has 0 atom stereocenters. The molecule has 4 N–H and O–H groups in total. The number of hydrogen-bond donors (Lipinski definition) is 3. The molecule has 0 radical (unpaired) electrons. The number of hydrogen-bond acceptors (Lipinski definition) is 4. The maximum absolute atomic E-state index is 11.1. The average Bonchev–Trinajstić information content (AvgIpc) is 3.04. The molecule has 1 heterocycles. The lowest BCUT2D eigenvalue weighted by Gasteiger charge is -2.23. The molecule has 8 heteroatoms. The zero-order valence-corrected chi connectivity index (χ0v) is 18.4. The van der Waals surface area contributed by atoms with Gasteiger partial charge in [-0.3, -0.25) is 9.79 Å². The van der Waals surface area contributed by atoms with E-state index in [1.807, 2.05) is 45.0 Å². The van der Waals surface area contributed by atoms with Crippen molar-refractivity contribution in [1.29, 1.82) is 0 Å². The number of rotatable bonds is 6. The predicted molar refractivity (Wildman–Crippen MR) is 117 cm³/mol. The van der Waals surface area contributed by atoms with Crippen molar-refractivity contribution in [2.45, 2.75) is 39.5 Å². The van der Waals surface area contributed by atoms with E-state index >= 15 is 0 Å². The van der Waals surface area contributed by atoms with Gasteiger partial charge in [0.1, 0.15) is 17.1 Å². The Bertz CT molecular complexity index is 781. The normalized spacial score (nSPS) is 11.5. The number of furan rings is 1. The number of para-hydroxylation sites is 1. The van der Waals surface area contributed by atoms with Crippen LogP contribution in [0.2, 0.25) is 0 Å². The van der Waals surface area contributed by atoms with Crippen LogP contribution in [0.3, 0.4) is 0 Å². The monoisotopic (exact) mass is 486 g/mol. The third-order valence-corrected chi connectivity index (χ3v) is 3.39. The molecule has 0 fully saturated rings. The number of benzene rings is 1. The first-order valence-corrected chi connectivity index (χ1v) is 8.38. The third-order valence-electron chi connectivity index (χ3n) is 3.39. The number of nitrogens with one attached hydrogen (secondary N) is 2. The standard InChI is InChI=1S/C19H26N4O3.HI/c1-19(2,3)26-15-8-6-5-7-13(15)11-22-18(21-4)23-12-14-9-10-16(25-14)17(20)24;/h5-10H,11-12H2,1-4H3,(H2,20,24)(H2,21,22,23);1H. The van der Waals surface area contributed by atoms with Gasteiger partial charge < -0.3 is 25.5 Å². The Kier molecular flexibility index (Phi) is 8.61. The molecular formula is C19H27IN4O3. The van der Waals surface area contributed by atoms with E-state index in [2.05, 4.69) is 15.6 Å². The van der Waals surface area contributed by atoms with Gasteiger partial charge in [0.15, 0.2) is 11.7 Å². The van der Waals surface area contributed by atoms with E-state index in [0.717, 1.165) is 11.3 Å². The minimum atomic E-state index is -0.589. The number of halogens is 1. The van der Waals surface area contributed by atoms with Gasteiger partial charge in [-0.2, -0.15) is 0 Å². The Hall–Kier alpha value is -2.23. The zero-order chi connectivity index (χ0) is 19.2. The van der Waals surface area contributed by atoms with Crippen LogP contribution in [0.15, 0.2) is 45.8 Å². The molecule has 0 unspecified atom stereocenters. The van der Waals surface area contributed by atoms with Gasteiger partial charge in [-0.05, 0) is 39.0 Å². The van der Waals surface area contributed by atoms with E-state index in [9.17, 15) is 4.79 Å². The summed E-state index contributed by atoms with van der Waals surface area (Å²) < 4.78 is 11.3. The molecule has 2 aromatic rings. The predicted octanol–water partition coefficient (Wildman–Crippen LogP) is 3.04. The third kappa shape index (κ3) is 7.49. The first kappa shape index (κ1) is 22.8. The number of nitrogens with zero attached hydrogens (tertiary/aromatic N) is 1. The van der Waals surface area contributed by atoms with Gasteiger partial charge in [0.25, 0.3) is 5.91 Å². The van der Waals surface area contributed by atoms with Crippen molar-refractivity contribution in [2.24, 2.45) is 10.7 Å². The van der Waals surface area contributed by atoms with E-state index in [-0.39, 0.29) is 35.3 Å². The number of aliphatic imine (C=N–C) groups is 1. The minimum absolute atomic E-state index is 0. The molecule has 0 aliphatic rings. The maximum Gasteiger partial charge on any atom is 0.284 e. The lowest BCUT2D eigenvalue weighted by Crippen LogP contribution is -2.36. The number of primary amides is 1. The van der Waals surface area contributed by atoms with Crippen LogP contribution in [0, 0.1) is 0 Å². The highest BCUT2D eigenvalue weighted by Crippen LogP contribution is 2.22. The molecule has 0 saturated carbocycles. The second kappa shape index (κ2) is 10.2. The Morgan fingerprint density at radius 1 is 1.15 bits per heavy atom. The largest absolute Gasteiger partial charge is 0.488 e. The number of carbonyl (C=O) groups is 1. The second-order valence-electron chi connectivity index (χ2n) is 6.73. The highest BCUT2D eigenvalue weighted by molar-refractivity contribution is 14.0. The summed E-state index contributed by atoms with van der Waals surface area (Å²) in [5, 5.41) is 6.37. The maximum atomic E-state index is 11.1. The van der Waals surface area contributed by atoms with Crippen LogP contribution in [0.4, 0.5) is 0 Å². The molecule has 0 aliphatic heterocycles. The fourth-order valence-electron chi connectivity index (χ4n) is 2.26. The van der Waals surface area contributed by atoms with Gasteiger partial charge in [-0.25, -0.2) is 0 Å². The molecule has 148 valence electrons. The summed E-state index contributed by atoms with van der Waals surface area (Å²) in [7, 11) is 1.68. The average molecular weight is 486 g/mol. The second-order valence-corrected chi connectivity index (χ2v) is 6.73. The summed E-state index contributed by atoms with van der Waals surface area (Å²) in [5.74, 6) is 1.58. The van der Waals surface area contributed by atoms with Gasteiger partial charge in [0.05, 0.1) is 6.54 Å². The molecule has 2 rings (SSSR count). The molecule has 0 saturated heterocycles. The summed E-state index contributed by atoms with van der Waals surface area (Å²) in [6.45, 7) is 6.98. The van der Waals surface area contributed by atoms with Gasteiger partial charge in [-0.1, -0.05) is 18.2 Å². The molecule has 27 heavy (non-hydrogen) atoms. The Balaban J connectivity index is 0.00000364. The highest BCUT2D eigenvalue weighted by atomic mass is 127. The molecule has 0 aliphatic carbocycles. The SMILES string of the molecule is CN=C(NCc1ccc(C(N)=O)o1)NCc1ccccc1OC(C)(C)C.I. The van der Waals surface area contributed by atoms with Crippen molar-refractivity contribution in [2.75, 3.05) is 7.05 Å². The van der Waals surface area contributed by atoms with E-state index in [1.165, 1.54) is 0 Å². The first-order chi connectivity index (χ1) is 12.3. The molecule has 1 aromatic carbocycles. The van der Waals surface area contributed by atoms with Crippen LogP contribution in [0.25, 0.3) is 0 Å². The molecular weight excluding hydrogens is 459 g/mol. The topological polar surface area (TPSA) is 102 Å². The first-order valence-electron chi connectivity index (χ1n) is 8.38. The van der Waals surface area contributed by atoms with Gasteiger partial charge in [-0.15, -0.1) is 24.0 Å². The van der Waals surface area contributed by atoms with Crippen molar-refractivity contribution < 1.29 is 13.9 Å². The molecule has 1 amide bonds. The Morgan fingerprint density at radius 3 is 2.41 bits per heavy atom. The Labute approximate surface area is 176 Å². The summed E-state index contributed by atoms with van der Waals surface area (Å²) in [6.07, 6.45) is 0. The van der Waals surface area contributed by atoms with E-state index < -0.39 is 5.91 Å². The van der Waals surface area contributed by atoms with Crippen molar-refractivity contribution in [3.63, 3.8) is 0 Å². The van der Waals surface area contributed by atoms with E-state index in [0.29, 0.717) is 24.8 Å². The number of ether oxygens (including phenoxy) is 1. The number of nitrogens with two attached hydrogens (primary N) is 1. The fraction of sp³-hybridized carbons (Fsp3) is 0.368. The van der Waals surface area contributed by atoms with Crippen molar-refractivity contribution in [3.05, 3.63) is 53.5 Å². The summed E-state index contributed by atoms with van der Waals surface area (Å²) in [5.41, 5.74) is 5.93. The minimum Gasteiger partial charge on any atom is -0.488 e. The molecule has 0 spiro atoms. The molecule has 1 aromatic heterocycles. The molecule has 0 bridgehead atoms. The molecule has 7 nitrogen and oxygen atoms in total. The van der Waals surface area contributed by atoms with Gasteiger partial charge >= 0.3 is 0 Å². The quantitative estimate of drug-likeness (QED) is 0.331. The van der Waals surface area contributed by atoms with E-state index in [4.69, 9.17) is 14.9 Å². The van der Waals surface area contributed by atoms with Gasteiger partial charge in [0, 0.05) is 19.2 Å². The van der Waals surface area contributed by atoms with Crippen molar-refractivity contribution in [3.8, 4) is 5.75 Å². The van der Waals surface area contributed by atoms with Crippen LogP contribution in [-0.2, 0) is 13.1 Å². The van der Waals surface area contributed by atoms with Crippen molar-refractivity contribution >= 4 is 35.8 Å². The summed E-state index contributed by atoms with van der Waals surface area (Å²) in [6, 6.07) is 11.1. The van der Waals surface area contributed by atoms with Gasteiger partial charge in [0.2, 0.25) is 0 Å². The van der Waals surface area contributed by atoms with Crippen LogP contribution in [0.1, 0.15) is 42.6 Å². The zero-order valence-electron chi connectivity index (χ0n) is 16.0. The lowest BCUT2D eigenvalue weighted by molar-refractivity contribution is 0.0972. The smallest absolute Gasteiger partial charge is 0.284 e. The van der Waals surface area contributed by atoms with Crippen LogP contribution in [-0.4, -0.2) is 24.5 Å².